The van der Waals surface area contributed by atoms with Crippen molar-refractivity contribution in [2.24, 2.45) is 0 Å². The van der Waals surface area contributed by atoms with E-state index < -0.39 is 10.0 Å². The summed E-state index contributed by atoms with van der Waals surface area (Å²) in [7, 11) is -1.72. The van der Waals surface area contributed by atoms with Crippen molar-refractivity contribution in [2.45, 2.75) is 23.1 Å². The van der Waals surface area contributed by atoms with Crippen LogP contribution in [0.25, 0.3) is 0 Å². The fraction of sp³-hybridized carbons (Fsp3) is 0.583. The lowest BCUT2D eigenvalue weighted by Crippen LogP contribution is -2.45. The van der Waals surface area contributed by atoms with Gasteiger partial charge < -0.3 is 10.2 Å². The molecular formula is C12H20ClN3O3S2. The maximum Gasteiger partial charge on any atom is 0.250 e. The van der Waals surface area contributed by atoms with E-state index in [0.29, 0.717) is 6.54 Å². The lowest BCUT2D eigenvalue weighted by Gasteiger charge is -2.24. The number of hydrogen-bond acceptors (Lipinski definition) is 5. The Morgan fingerprint density at radius 2 is 2.29 bits per heavy atom. The molecule has 0 aromatic carbocycles. The number of carbonyl (C=O) groups excluding carboxylic acids is 1. The highest BCUT2D eigenvalue weighted by Crippen LogP contribution is 2.17. The zero-order valence-corrected chi connectivity index (χ0v) is 14.2. The molecule has 0 saturated carbocycles. The molecule has 2 N–H and O–H groups in total. The first-order chi connectivity index (χ1) is 9.54. The van der Waals surface area contributed by atoms with Crippen LogP contribution in [0.15, 0.2) is 21.7 Å². The predicted molar refractivity (Wildman–Crippen MR) is 85.4 cm³/mol. The third-order valence-corrected chi connectivity index (χ3v) is 6.11. The first-order valence-corrected chi connectivity index (χ1v) is 8.88. The Hall–Kier alpha value is -0.670. The number of likely N-dealkylation sites (tertiary alicyclic amines) is 1. The third-order valence-electron chi connectivity index (χ3n) is 3.31. The minimum Gasteiger partial charge on any atom is -0.337 e. The van der Waals surface area contributed by atoms with Crippen molar-refractivity contribution in [1.82, 2.24) is 14.9 Å². The zero-order chi connectivity index (χ0) is 14.6. The normalized spacial score (nSPS) is 18.5. The smallest absolute Gasteiger partial charge is 0.250 e. The molecule has 1 aromatic rings. The first kappa shape index (κ1) is 18.4. The van der Waals surface area contributed by atoms with Crippen LogP contribution >= 0.6 is 23.7 Å². The number of thiophene rings is 1. The van der Waals surface area contributed by atoms with Crippen LogP contribution in [-0.4, -0.2) is 51.9 Å². The molecule has 6 nitrogen and oxygen atoms in total. The van der Waals surface area contributed by atoms with Crippen molar-refractivity contribution >= 4 is 39.7 Å². The average molecular weight is 354 g/mol. The maximum absolute atomic E-state index is 12.1. The molecule has 120 valence electrons. The highest BCUT2D eigenvalue weighted by molar-refractivity contribution is 7.91. The van der Waals surface area contributed by atoms with E-state index >= 15 is 0 Å². The molecule has 2 heterocycles. The standard InChI is InChI=1S/C12H19N3O3S2.ClH/c1-13-8-10-4-2-6-15(10)11(16)9-14-20(17,18)12-5-3-7-19-12;/h3,5,7,10,13-14H,2,4,6,8-9H2,1H3;1H. The van der Waals surface area contributed by atoms with Gasteiger partial charge in [-0.2, -0.15) is 0 Å². The number of sulfonamides is 1. The van der Waals surface area contributed by atoms with E-state index in [-0.39, 0.29) is 35.1 Å². The van der Waals surface area contributed by atoms with Crippen LogP contribution in [0, 0.1) is 0 Å². The quantitative estimate of drug-likeness (QED) is 0.787. The zero-order valence-electron chi connectivity index (χ0n) is 11.7. The van der Waals surface area contributed by atoms with Gasteiger partial charge in [-0.05, 0) is 31.3 Å². The highest BCUT2D eigenvalue weighted by atomic mass is 35.5. The summed E-state index contributed by atoms with van der Waals surface area (Å²) in [5.41, 5.74) is 0. The monoisotopic (exact) mass is 353 g/mol. The number of likely N-dealkylation sites (N-methyl/N-ethyl adjacent to an activating group) is 1. The molecule has 9 heteroatoms. The summed E-state index contributed by atoms with van der Waals surface area (Å²) in [4.78, 5) is 13.9. The SMILES string of the molecule is CNCC1CCCN1C(=O)CNS(=O)(=O)c1cccs1.Cl. The summed E-state index contributed by atoms with van der Waals surface area (Å²) in [6.07, 6.45) is 1.93. The summed E-state index contributed by atoms with van der Waals surface area (Å²) in [6.45, 7) is 1.26. The Morgan fingerprint density at radius 1 is 1.52 bits per heavy atom. The van der Waals surface area contributed by atoms with Gasteiger partial charge in [-0.15, -0.1) is 23.7 Å². The second kappa shape index (κ2) is 8.09. The number of hydrogen-bond donors (Lipinski definition) is 2. The molecule has 21 heavy (non-hydrogen) atoms. The Balaban J connectivity index is 0.00000220. The highest BCUT2D eigenvalue weighted by Gasteiger charge is 2.28. The molecule has 0 radical (unpaired) electrons. The summed E-state index contributed by atoms with van der Waals surface area (Å²) in [6, 6.07) is 3.36. The van der Waals surface area contributed by atoms with Crippen LogP contribution in [0.4, 0.5) is 0 Å². The molecule has 1 amide bonds. The number of rotatable bonds is 6. The van der Waals surface area contributed by atoms with Crippen molar-refractivity contribution in [2.75, 3.05) is 26.7 Å². The number of carbonyl (C=O) groups is 1. The van der Waals surface area contributed by atoms with Gasteiger partial charge in [0.1, 0.15) is 4.21 Å². The fourth-order valence-electron chi connectivity index (χ4n) is 2.36. The minimum absolute atomic E-state index is 0. The Labute approximate surface area is 135 Å². The molecule has 0 bridgehead atoms. The molecule has 1 unspecified atom stereocenters. The fourth-order valence-corrected chi connectivity index (χ4v) is 4.37. The van der Waals surface area contributed by atoms with Gasteiger partial charge in [-0.25, -0.2) is 13.1 Å². The van der Waals surface area contributed by atoms with Gasteiger partial charge in [0.05, 0.1) is 6.54 Å². The lowest BCUT2D eigenvalue weighted by atomic mass is 10.2. The van der Waals surface area contributed by atoms with Gasteiger partial charge in [0.25, 0.3) is 10.0 Å². The molecule has 1 atom stereocenters. The van der Waals surface area contributed by atoms with Crippen LogP contribution in [-0.2, 0) is 14.8 Å². The molecule has 0 spiro atoms. The van der Waals surface area contributed by atoms with Crippen LogP contribution in [0.5, 0.6) is 0 Å². The van der Waals surface area contributed by atoms with Gasteiger partial charge in [0.2, 0.25) is 5.91 Å². The van der Waals surface area contributed by atoms with E-state index in [0.717, 1.165) is 30.7 Å². The van der Waals surface area contributed by atoms with Crippen molar-refractivity contribution < 1.29 is 13.2 Å². The van der Waals surface area contributed by atoms with E-state index in [1.54, 1.807) is 16.3 Å². The van der Waals surface area contributed by atoms with Crippen LogP contribution in [0.3, 0.4) is 0 Å². The third kappa shape index (κ3) is 4.65. The molecule has 1 fully saturated rings. The Morgan fingerprint density at radius 3 is 2.90 bits per heavy atom. The summed E-state index contributed by atoms with van der Waals surface area (Å²) >= 11 is 1.14. The topological polar surface area (TPSA) is 78.5 Å². The number of amides is 1. The van der Waals surface area contributed by atoms with E-state index in [4.69, 9.17) is 0 Å². The Kier molecular flexibility index (Phi) is 7.08. The lowest BCUT2D eigenvalue weighted by molar-refractivity contribution is -0.130. The molecule has 1 aliphatic rings. The molecule has 1 saturated heterocycles. The second-order valence-corrected chi connectivity index (χ2v) is 7.64. The van der Waals surface area contributed by atoms with Crippen LogP contribution in [0.1, 0.15) is 12.8 Å². The van der Waals surface area contributed by atoms with Crippen molar-refractivity contribution in [1.29, 1.82) is 0 Å². The van der Waals surface area contributed by atoms with E-state index in [1.165, 1.54) is 6.07 Å². The second-order valence-electron chi connectivity index (χ2n) is 4.70. The Bertz CT molecular complexity index is 548. The van der Waals surface area contributed by atoms with E-state index in [2.05, 4.69) is 10.0 Å². The molecule has 2 rings (SSSR count). The molecular weight excluding hydrogens is 334 g/mol. The van der Waals surface area contributed by atoms with Gasteiger partial charge in [-0.3, -0.25) is 4.79 Å². The average Bonchev–Trinajstić information content (AvgIpc) is 3.07. The predicted octanol–water partition coefficient (Wildman–Crippen LogP) is 0.659. The van der Waals surface area contributed by atoms with Gasteiger partial charge in [0, 0.05) is 19.1 Å². The van der Waals surface area contributed by atoms with Gasteiger partial charge in [-0.1, -0.05) is 6.07 Å². The minimum atomic E-state index is -3.57. The largest absolute Gasteiger partial charge is 0.337 e. The maximum atomic E-state index is 12.1. The van der Waals surface area contributed by atoms with E-state index in [1.807, 2.05) is 7.05 Å². The van der Waals surface area contributed by atoms with Crippen molar-refractivity contribution in [3.8, 4) is 0 Å². The van der Waals surface area contributed by atoms with Gasteiger partial charge in [0.15, 0.2) is 0 Å². The number of nitrogens with zero attached hydrogens (tertiary/aromatic N) is 1. The van der Waals surface area contributed by atoms with Gasteiger partial charge >= 0.3 is 0 Å². The van der Waals surface area contributed by atoms with Crippen LogP contribution in [0.2, 0.25) is 0 Å². The van der Waals surface area contributed by atoms with Crippen molar-refractivity contribution in [3.05, 3.63) is 17.5 Å². The molecule has 1 aromatic heterocycles. The molecule has 0 aliphatic carbocycles. The molecule has 1 aliphatic heterocycles. The van der Waals surface area contributed by atoms with E-state index in [9.17, 15) is 13.2 Å². The summed E-state index contributed by atoms with van der Waals surface area (Å²) in [5.74, 6) is -0.164. The summed E-state index contributed by atoms with van der Waals surface area (Å²) < 4.78 is 26.5. The van der Waals surface area contributed by atoms with Crippen molar-refractivity contribution in [3.63, 3.8) is 0 Å². The van der Waals surface area contributed by atoms with Crippen LogP contribution < -0.4 is 10.0 Å². The number of halogens is 1. The summed E-state index contributed by atoms with van der Waals surface area (Å²) in [5, 5.41) is 4.75. The first-order valence-electron chi connectivity index (χ1n) is 6.52. The number of nitrogens with one attached hydrogen (secondary N) is 2.